The Balaban J connectivity index is 0.000000701. The molecule has 25 heavy (non-hydrogen) atoms. The molecule has 1 aromatic carbocycles. The monoisotopic (exact) mass is 363 g/mol. The highest BCUT2D eigenvalue weighted by Gasteiger charge is 2.19. The molecular weight excluding hydrogens is 338 g/mol. The van der Waals surface area contributed by atoms with Crippen LogP contribution in [0.2, 0.25) is 5.02 Å². The van der Waals surface area contributed by atoms with Crippen LogP contribution in [0.15, 0.2) is 24.4 Å². The average Bonchev–Trinajstić information content (AvgIpc) is 2.78. The van der Waals surface area contributed by atoms with Crippen molar-refractivity contribution in [2.24, 2.45) is 11.7 Å². The van der Waals surface area contributed by atoms with Crippen molar-refractivity contribution < 1.29 is 9.59 Å². The number of hydrogen-bond donors (Lipinski definition) is 2. The van der Waals surface area contributed by atoms with Gasteiger partial charge in [-0.3, -0.25) is 9.36 Å². The summed E-state index contributed by atoms with van der Waals surface area (Å²) in [6.45, 7) is 0. The molecule has 5 nitrogen and oxygen atoms in total. The number of carbonyl (C=O) groups excluding carboxylic acids is 2. The van der Waals surface area contributed by atoms with Crippen LogP contribution in [0.5, 0.6) is 0 Å². The molecule has 1 heterocycles. The summed E-state index contributed by atoms with van der Waals surface area (Å²) in [4.78, 5) is 20.7. The molecule has 1 aliphatic rings. The molecule has 2 aromatic rings. The van der Waals surface area contributed by atoms with Crippen LogP contribution < -0.4 is 11.1 Å². The topological polar surface area (TPSA) is 77.1 Å². The second-order valence-electron chi connectivity index (χ2n) is 6.41. The van der Waals surface area contributed by atoms with Gasteiger partial charge in [0, 0.05) is 18.6 Å². The SMILES string of the molecule is CNC(=O)n1cc(CC2CCCCCC2)c2c(Cl)cccc21.NC=O. The third-order valence-corrected chi connectivity index (χ3v) is 5.09. The number of nitrogens with one attached hydrogen (secondary N) is 1. The zero-order chi connectivity index (χ0) is 18.2. The minimum atomic E-state index is -0.112. The van der Waals surface area contributed by atoms with E-state index >= 15 is 0 Å². The molecule has 0 spiro atoms. The van der Waals surface area contributed by atoms with Gasteiger partial charge in [0.2, 0.25) is 6.41 Å². The van der Waals surface area contributed by atoms with Gasteiger partial charge in [-0.25, -0.2) is 4.79 Å². The number of hydrogen-bond acceptors (Lipinski definition) is 2. The molecule has 1 aromatic heterocycles. The van der Waals surface area contributed by atoms with Crippen molar-refractivity contribution >= 4 is 34.9 Å². The molecule has 1 aliphatic carbocycles. The van der Waals surface area contributed by atoms with Gasteiger partial charge in [-0.15, -0.1) is 0 Å². The first-order valence-corrected chi connectivity index (χ1v) is 9.16. The van der Waals surface area contributed by atoms with E-state index < -0.39 is 0 Å². The molecule has 3 N–H and O–H groups in total. The molecular formula is C19H26ClN3O2. The van der Waals surface area contributed by atoms with Crippen LogP contribution in [-0.2, 0) is 11.2 Å². The first-order chi connectivity index (χ1) is 12.1. The highest BCUT2D eigenvalue weighted by molar-refractivity contribution is 6.35. The van der Waals surface area contributed by atoms with E-state index in [-0.39, 0.29) is 12.4 Å². The second-order valence-corrected chi connectivity index (χ2v) is 6.82. The molecule has 0 radical (unpaired) electrons. The van der Waals surface area contributed by atoms with Crippen molar-refractivity contribution in [3.05, 3.63) is 35.0 Å². The lowest BCUT2D eigenvalue weighted by Crippen LogP contribution is -2.23. The molecule has 0 unspecified atom stereocenters. The number of nitrogens with two attached hydrogens (primary N) is 1. The molecule has 3 rings (SSSR count). The Labute approximate surface area is 153 Å². The van der Waals surface area contributed by atoms with Crippen molar-refractivity contribution in [3.8, 4) is 0 Å². The van der Waals surface area contributed by atoms with Crippen LogP contribution >= 0.6 is 11.6 Å². The van der Waals surface area contributed by atoms with E-state index in [0.717, 1.165) is 22.3 Å². The maximum Gasteiger partial charge on any atom is 0.325 e. The van der Waals surface area contributed by atoms with Gasteiger partial charge < -0.3 is 11.1 Å². The van der Waals surface area contributed by atoms with Crippen LogP contribution in [0.25, 0.3) is 10.9 Å². The fourth-order valence-corrected chi connectivity index (χ4v) is 3.93. The van der Waals surface area contributed by atoms with Gasteiger partial charge in [0.1, 0.15) is 0 Å². The lowest BCUT2D eigenvalue weighted by Gasteiger charge is -2.13. The Kier molecular flexibility index (Phi) is 7.31. The predicted molar refractivity (Wildman–Crippen MR) is 102 cm³/mol. The predicted octanol–water partition coefficient (Wildman–Crippen LogP) is 4.10. The van der Waals surface area contributed by atoms with Crippen LogP contribution in [0.1, 0.15) is 44.1 Å². The van der Waals surface area contributed by atoms with Crippen molar-refractivity contribution in [2.75, 3.05) is 7.05 Å². The molecule has 1 fully saturated rings. The quantitative estimate of drug-likeness (QED) is 0.622. The third kappa shape index (κ3) is 4.75. The molecule has 6 heteroatoms. The van der Waals surface area contributed by atoms with Gasteiger partial charge in [0.15, 0.2) is 0 Å². The number of aromatic nitrogens is 1. The Morgan fingerprint density at radius 1 is 1.32 bits per heavy atom. The molecule has 0 saturated heterocycles. The Bertz CT molecular complexity index is 719. The van der Waals surface area contributed by atoms with Crippen molar-refractivity contribution in [2.45, 2.75) is 44.9 Å². The number of halogens is 1. The summed E-state index contributed by atoms with van der Waals surface area (Å²) in [6, 6.07) is 5.67. The van der Waals surface area contributed by atoms with Gasteiger partial charge in [-0.1, -0.05) is 56.2 Å². The largest absolute Gasteiger partial charge is 0.372 e. The van der Waals surface area contributed by atoms with E-state index in [9.17, 15) is 4.79 Å². The van der Waals surface area contributed by atoms with Crippen LogP contribution in [0.3, 0.4) is 0 Å². The minimum Gasteiger partial charge on any atom is -0.372 e. The van der Waals surface area contributed by atoms with Gasteiger partial charge in [0.25, 0.3) is 0 Å². The Hall–Kier alpha value is -2.01. The van der Waals surface area contributed by atoms with E-state index in [1.165, 1.54) is 44.1 Å². The van der Waals surface area contributed by atoms with E-state index in [1.807, 2.05) is 24.4 Å². The molecule has 0 bridgehead atoms. The summed E-state index contributed by atoms with van der Waals surface area (Å²) in [5, 5.41) is 4.48. The molecule has 0 aliphatic heterocycles. The second kappa shape index (κ2) is 9.47. The summed E-state index contributed by atoms with van der Waals surface area (Å²) < 4.78 is 1.69. The fraction of sp³-hybridized carbons (Fsp3) is 0.474. The summed E-state index contributed by atoms with van der Waals surface area (Å²) in [6.07, 6.45) is 11.2. The van der Waals surface area contributed by atoms with E-state index in [1.54, 1.807) is 11.6 Å². The lowest BCUT2D eigenvalue weighted by atomic mass is 9.92. The Morgan fingerprint density at radius 3 is 2.56 bits per heavy atom. The lowest BCUT2D eigenvalue weighted by molar-refractivity contribution is -0.106. The van der Waals surface area contributed by atoms with Gasteiger partial charge >= 0.3 is 6.03 Å². The highest BCUT2D eigenvalue weighted by Crippen LogP contribution is 2.33. The number of rotatable bonds is 2. The highest BCUT2D eigenvalue weighted by atomic mass is 35.5. The molecule has 1 saturated carbocycles. The number of amides is 2. The van der Waals surface area contributed by atoms with Crippen LogP contribution in [0, 0.1) is 5.92 Å². The molecule has 0 atom stereocenters. The molecule has 136 valence electrons. The Morgan fingerprint density at radius 2 is 1.96 bits per heavy atom. The maximum atomic E-state index is 12.1. The number of fused-ring (bicyclic) bond motifs is 1. The van der Waals surface area contributed by atoms with E-state index in [0.29, 0.717) is 5.92 Å². The summed E-state index contributed by atoms with van der Waals surface area (Å²) in [7, 11) is 1.66. The number of primary amides is 1. The number of benzene rings is 1. The van der Waals surface area contributed by atoms with Crippen molar-refractivity contribution in [1.29, 1.82) is 0 Å². The van der Waals surface area contributed by atoms with Gasteiger partial charge in [0.05, 0.1) is 10.5 Å². The first-order valence-electron chi connectivity index (χ1n) is 8.78. The third-order valence-electron chi connectivity index (χ3n) is 4.77. The summed E-state index contributed by atoms with van der Waals surface area (Å²) >= 11 is 6.43. The first kappa shape index (κ1) is 19.3. The number of carbonyl (C=O) groups is 2. The fourth-order valence-electron chi connectivity index (χ4n) is 3.64. The summed E-state index contributed by atoms with van der Waals surface area (Å²) in [5.74, 6) is 0.711. The van der Waals surface area contributed by atoms with Crippen LogP contribution in [0.4, 0.5) is 4.79 Å². The number of nitrogens with zero attached hydrogens (tertiary/aromatic N) is 1. The average molecular weight is 364 g/mol. The standard InChI is InChI=1S/C18H23ClN2O.CH3NO/c1-20-18(22)21-12-14(11-13-7-4-2-3-5-8-13)17-15(19)9-6-10-16(17)21;2-1-3/h6,9-10,12-13H,2-5,7-8,11H2,1H3,(H,20,22);1H,(H2,2,3). The minimum absolute atomic E-state index is 0.112. The zero-order valence-corrected chi connectivity index (χ0v) is 15.4. The normalized spacial score (nSPS) is 15.1. The van der Waals surface area contributed by atoms with Crippen LogP contribution in [-0.4, -0.2) is 24.1 Å². The maximum absolute atomic E-state index is 12.1. The smallest absolute Gasteiger partial charge is 0.325 e. The summed E-state index contributed by atoms with van der Waals surface area (Å²) in [5.41, 5.74) is 6.27. The zero-order valence-electron chi connectivity index (χ0n) is 14.6. The molecule has 2 amide bonds. The van der Waals surface area contributed by atoms with Gasteiger partial charge in [-0.05, 0) is 30.0 Å². The van der Waals surface area contributed by atoms with Crippen molar-refractivity contribution in [3.63, 3.8) is 0 Å². The van der Waals surface area contributed by atoms with E-state index in [2.05, 4.69) is 11.1 Å². The van der Waals surface area contributed by atoms with Gasteiger partial charge in [-0.2, -0.15) is 0 Å². The van der Waals surface area contributed by atoms with Crippen molar-refractivity contribution in [1.82, 2.24) is 9.88 Å². The van der Waals surface area contributed by atoms with E-state index in [4.69, 9.17) is 16.4 Å².